The Balaban J connectivity index is 2.81. The van der Waals surface area contributed by atoms with E-state index in [2.05, 4.69) is 0 Å². The minimum absolute atomic E-state index is 0.149. The van der Waals surface area contributed by atoms with Gasteiger partial charge in [0.25, 0.3) is 0 Å². The van der Waals surface area contributed by atoms with E-state index in [1.807, 2.05) is 25.1 Å². The fourth-order valence-corrected chi connectivity index (χ4v) is 1.76. The Morgan fingerprint density at radius 3 is 2.79 bits per heavy atom. The van der Waals surface area contributed by atoms with Gasteiger partial charge in [-0.05, 0) is 32.1 Å². The van der Waals surface area contributed by atoms with E-state index in [1.54, 1.807) is 27.2 Å². The molecule has 1 amide bonds. The lowest BCUT2D eigenvalue weighted by atomic mass is 10.1. The normalized spacial score (nSPS) is 12.5. The number of benzene rings is 1. The third-order valence-electron chi connectivity index (χ3n) is 2.70. The van der Waals surface area contributed by atoms with Crippen molar-refractivity contribution < 1.29 is 14.6 Å². The molecule has 1 unspecified atom stereocenters. The summed E-state index contributed by atoms with van der Waals surface area (Å²) in [5.41, 5.74) is 1.96. The van der Waals surface area contributed by atoms with Crippen LogP contribution in [0, 0.1) is 6.92 Å². The third kappa shape index (κ3) is 4.75. The quantitative estimate of drug-likeness (QED) is 0.825. The number of carbonyl (C=O) groups is 1. The topological polar surface area (TPSA) is 49.8 Å². The summed E-state index contributed by atoms with van der Waals surface area (Å²) in [7, 11) is 3.26. The zero-order valence-electron chi connectivity index (χ0n) is 11.9. The third-order valence-corrected chi connectivity index (χ3v) is 2.70. The van der Waals surface area contributed by atoms with Crippen LogP contribution in [0.2, 0.25) is 0 Å². The summed E-state index contributed by atoms with van der Waals surface area (Å²) in [6.45, 7) is 3.95. The summed E-state index contributed by atoms with van der Waals surface area (Å²) >= 11 is 0. The molecule has 0 aromatic heterocycles. The molecule has 104 valence electrons. The summed E-state index contributed by atoms with van der Waals surface area (Å²) in [5.74, 6) is 0.581. The Morgan fingerprint density at radius 1 is 1.53 bits per heavy atom. The molecule has 1 N–H and O–H groups in total. The zero-order valence-corrected chi connectivity index (χ0v) is 11.9. The van der Waals surface area contributed by atoms with E-state index in [9.17, 15) is 9.90 Å². The van der Waals surface area contributed by atoms with E-state index in [0.717, 1.165) is 16.9 Å². The lowest BCUT2D eigenvalue weighted by molar-refractivity contribution is -0.125. The number of hydrogen-bond acceptors (Lipinski definition) is 3. The summed E-state index contributed by atoms with van der Waals surface area (Å²) in [6.07, 6.45) is 2.68. The number of ether oxygens (including phenoxy) is 1. The molecule has 0 aliphatic rings. The summed E-state index contributed by atoms with van der Waals surface area (Å²) < 4.78 is 5.24. The molecule has 1 aromatic carbocycles. The Bertz CT molecular complexity index is 466. The number of likely N-dealkylation sites (N-methyl/N-ethyl adjacent to an activating group) is 1. The summed E-state index contributed by atoms with van der Waals surface area (Å²) in [4.78, 5) is 13.3. The predicted molar refractivity (Wildman–Crippen MR) is 76.1 cm³/mol. The predicted octanol–water partition coefficient (Wildman–Crippen LogP) is 1.86. The largest absolute Gasteiger partial charge is 0.496 e. The molecule has 0 saturated heterocycles. The fourth-order valence-electron chi connectivity index (χ4n) is 1.76. The second-order valence-electron chi connectivity index (χ2n) is 4.65. The van der Waals surface area contributed by atoms with Crippen molar-refractivity contribution in [2.75, 3.05) is 20.7 Å². The van der Waals surface area contributed by atoms with Crippen LogP contribution < -0.4 is 4.74 Å². The number of aryl methyl sites for hydroxylation is 1. The molecule has 1 aromatic rings. The van der Waals surface area contributed by atoms with Crippen LogP contribution >= 0.6 is 0 Å². The van der Waals surface area contributed by atoms with Crippen LogP contribution in [0.5, 0.6) is 5.75 Å². The molecular weight excluding hydrogens is 242 g/mol. The second kappa shape index (κ2) is 6.95. The maximum absolute atomic E-state index is 11.8. The highest BCUT2D eigenvalue weighted by molar-refractivity contribution is 5.92. The van der Waals surface area contributed by atoms with Gasteiger partial charge in [0.1, 0.15) is 5.75 Å². The first-order valence-corrected chi connectivity index (χ1v) is 6.20. The molecule has 4 nitrogen and oxygen atoms in total. The van der Waals surface area contributed by atoms with Gasteiger partial charge >= 0.3 is 0 Å². The van der Waals surface area contributed by atoms with Crippen molar-refractivity contribution in [1.29, 1.82) is 0 Å². The molecule has 0 bridgehead atoms. The van der Waals surface area contributed by atoms with E-state index in [0.29, 0.717) is 6.54 Å². The van der Waals surface area contributed by atoms with Gasteiger partial charge in [-0.2, -0.15) is 0 Å². The van der Waals surface area contributed by atoms with Crippen molar-refractivity contribution in [2.45, 2.75) is 20.0 Å². The van der Waals surface area contributed by atoms with Gasteiger partial charge in [-0.3, -0.25) is 4.79 Å². The molecule has 19 heavy (non-hydrogen) atoms. The fraction of sp³-hybridized carbons (Fsp3) is 0.400. The van der Waals surface area contributed by atoms with Crippen molar-refractivity contribution in [3.63, 3.8) is 0 Å². The summed E-state index contributed by atoms with van der Waals surface area (Å²) in [5, 5.41) is 9.24. The number of hydrogen-bond donors (Lipinski definition) is 1. The number of aliphatic hydroxyl groups is 1. The maximum Gasteiger partial charge on any atom is 0.246 e. The molecule has 1 rings (SSSR count). The number of nitrogens with zero attached hydrogens (tertiary/aromatic N) is 1. The SMILES string of the molecule is COc1ccc(C)cc1/C=C/C(=O)N(C)CC(C)O. The van der Waals surface area contributed by atoms with E-state index in [1.165, 1.54) is 11.0 Å². The molecule has 0 radical (unpaired) electrons. The van der Waals surface area contributed by atoms with Gasteiger partial charge < -0.3 is 14.7 Å². The maximum atomic E-state index is 11.8. The number of rotatable bonds is 5. The first-order chi connectivity index (χ1) is 8.93. The van der Waals surface area contributed by atoms with Gasteiger partial charge in [-0.15, -0.1) is 0 Å². The first-order valence-electron chi connectivity index (χ1n) is 6.20. The Morgan fingerprint density at radius 2 is 2.21 bits per heavy atom. The average molecular weight is 263 g/mol. The number of carbonyl (C=O) groups excluding carboxylic acids is 1. The van der Waals surface area contributed by atoms with Crippen molar-refractivity contribution in [3.8, 4) is 5.75 Å². The highest BCUT2D eigenvalue weighted by atomic mass is 16.5. The first kappa shape index (κ1) is 15.2. The average Bonchev–Trinajstić information content (AvgIpc) is 2.35. The summed E-state index contributed by atoms with van der Waals surface area (Å²) in [6, 6.07) is 5.79. The van der Waals surface area contributed by atoms with E-state index in [4.69, 9.17) is 4.74 Å². The Hall–Kier alpha value is -1.81. The van der Waals surface area contributed by atoms with Gasteiger partial charge in [0.05, 0.1) is 13.2 Å². The Kier molecular flexibility index (Phi) is 5.57. The van der Waals surface area contributed by atoms with Crippen molar-refractivity contribution >= 4 is 12.0 Å². The lowest BCUT2D eigenvalue weighted by Crippen LogP contribution is -2.31. The number of aliphatic hydroxyl groups excluding tert-OH is 1. The minimum atomic E-state index is -0.532. The molecule has 4 heteroatoms. The van der Waals surface area contributed by atoms with Crippen LogP contribution in [-0.4, -0.2) is 42.7 Å². The van der Waals surface area contributed by atoms with Gasteiger partial charge in [-0.1, -0.05) is 11.6 Å². The number of methoxy groups -OCH3 is 1. The van der Waals surface area contributed by atoms with Crippen LogP contribution in [0.15, 0.2) is 24.3 Å². The standard InChI is InChI=1S/C15H21NO3/c1-11-5-7-14(19-4)13(9-11)6-8-15(18)16(3)10-12(2)17/h5-9,12,17H,10H2,1-4H3/b8-6+. The van der Waals surface area contributed by atoms with E-state index >= 15 is 0 Å². The number of amides is 1. The Labute approximate surface area is 114 Å². The molecule has 1 atom stereocenters. The minimum Gasteiger partial charge on any atom is -0.496 e. The van der Waals surface area contributed by atoms with Crippen LogP contribution in [-0.2, 0) is 4.79 Å². The second-order valence-corrected chi connectivity index (χ2v) is 4.65. The van der Waals surface area contributed by atoms with E-state index in [-0.39, 0.29) is 5.91 Å². The monoisotopic (exact) mass is 263 g/mol. The molecular formula is C15H21NO3. The highest BCUT2D eigenvalue weighted by Gasteiger charge is 2.08. The van der Waals surface area contributed by atoms with Crippen LogP contribution in [0.4, 0.5) is 0 Å². The lowest BCUT2D eigenvalue weighted by Gasteiger charge is -2.16. The zero-order chi connectivity index (χ0) is 14.4. The highest BCUT2D eigenvalue weighted by Crippen LogP contribution is 2.20. The molecule has 0 fully saturated rings. The smallest absolute Gasteiger partial charge is 0.246 e. The van der Waals surface area contributed by atoms with Gasteiger partial charge in [0, 0.05) is 25.2 Å². The van der Waals surface area contributed by atoms with Crippen molar-refractivity contribution in [2.24, 2.45) is 0 Å². The van der Waals surface area contributed by atoms with Crippen LogP contribution in [0.25, 0.3) is 6.08 Å². The van der Waals surface area contributed by atoms with Crippen molar-refractivity contribution in [3.05, 3.63) is 35.4 Å². The van der Waals surface area contributed by atoms with Gasteiger partial charge in [-0.25, -0.2) is 0 Å². The molecule has 0 spiro atoms. The van der Waals surface area contributed by atoms with Crippen LogP contribution in [0.3, 0.4) is 0 Å². The van der Waals surface area contributed by atoms with Gasteiger partial charge in [0.15, 0.2) is 0 Å². The van der Waals surface area contributed by atoms with E-state index < -0.39 is 6.10 Å². The molecule has 0 heterocycles. The van der Waals surface area contributed by atoms with Crippen LogP contribution in [0.1, 0.15) is 18.1 Å². The molecule has 0 aliphatic carbocycles. The van der Waals surface area contributed by atoms with Gasteiger partial charge in [0.2, 0.25) is 5.91 Å². The molecule has 0 saturated carbocycles. The molecule has 0 aliphatic heterocycles. The van der Waals surface area contributed by atoms with Crippen molar-refractivity contribution in [1.82, 2.24) is 4.90 Å².